The summed E-state index contributed by atoms with van der Waals surface area (Å²) in [7, 11) is 0. The van der Waals surface area contributed by atoms with Crippen LogP contribution in [-0.4, -0.2) is 89.4 Å². The van der Waals surface area contributed by atoms with E-state index in [1.165, 1.54) is 0 Å². The minimum atomic E-state index is -0.102. The van der Waals surface area contributed by atoms with Gasteiger partial charge in [0.05, 0.1) is 0 Å². The molecule has 0 aromatic carbocycles. The summed E-state index contributed by atoms with van der Waals surface area (Å²) in [6.45, 7) is 7.28. The van der Waals surface area contributed by atoms with Gasteiger partial charge in [0.2, 0.25) is 6.41 Å². The minimum absolute atomic E-state index is 0.102. The molecular weight excluding hydrogens is 370 g/mol. The zero-order chi connectivity index (χ0) is 20.2. The van der Waals surface area contributed by atoms with Crippen molar-refractivity contribution in [1.29, 1.82) is 0 Å². The second-order valence-electron chi connectivity index (χ2n) is 7.25. The Kier molecular flexibility index (Phi) is 5.55. The monoisotopic (exact) mass is 395 g/mol. The zero-order valence-electron chi connectivity index (χ0n) is 16.6. The average Bonchev–Trinajstić information content (AvgIpc) is 2.79. The Bertz CT molecular complexity index is 860. The first kappa shape index (κ1) is 19.1. The Labute approximate surface area is 170 Å². The van der Waals surface area contributed by atoms with E-state index in [9.17, 15) is 9.59 Å². The first-order chi connectivity index (χ1) is 14.1. The van der Waals surface area contributed by atoms with Crippen LogP contribution in [-0.2, 0) is 4.79 Å². The maximum Gasteiger partial charge on any atom is 0.272 e. The van der Waals surface area contributed by atoms with Gasteiger partial charge in [0.1, 0.15) is 23.2 Å². The number of pyridine rings is 1. The number of hydrogen-bond acceptors (Lipinski definition) is 7. The van der Waals surface area contributed by atoms with E-state index in [0.29, 0.717) is 37.7 Å². The number of aromatic nitrogens is 3. The number of carbonyl (C=O) groups is 2. The molecule has 152 valence electrons. The Morgan fingerprint density at radius 2 is 1.62 bits per heavy atom. The fraction of sp³-hybridized carbons (Fsp3) is 0.450. The summed E-state index contributed by atoms with van der Waals surface area (Å²) in [6, 6.07) is 7.72. The van der Waals surface area contributed by atoms with Crippen LogP contribution in [0.3, 0.4) is 0 Å². The number of nitrogens with zero attached hydrogens (tertiary/aromatic N) is 7. The van der Waals surface area contributed by atoms with E-state index in [-0.39, 0.29) is 5.91 Å². The van der Waals surface area contributed by atoms with Crippen molar-refractivity contribution in [3.63, 3.8) is 0 Å². The molecule has 0 N–H and O–H groups in total. The smallest absolute Gasteiger partial charge is 0.272 e. The highest BCUT2D eigenvalue weighted by Crippen LogP contribution is 2.19. The molecule has 0 atom stereocenters. The van der Waals surface area contributed by atoms with Crippen LogP contribution in [0.1, 0.15) is 16.3 Å². The van der Waals surface area contributed by atoms with Crippen molar-refractivity contribution in [3.05, 3.63) is 42.0 Å². The van der Waals surface area contributed by atoms with Crippen molar-refractivity contribution in [3.8, 4) is 0 Å². The summed E-state index contributed by atoms with van der Waals surface area (Å²) >= 11 is 0. The molecule has 2 fully saturated rings. The van der Waals surface area contributed by atoms with Gasteiger partial charge in [-0.2, -0.15) is 0 Å². The predicted octanol–water partition coefficient (Wildman–Crippen LogP) is 0.421. The fourth-order valence-corrected chi connectivity index (χ4v) is 3.72. The van der Waals surface area contributed by atoms with Crippen molar-refractivity contribution in [2.45, 2.75) is 6.92 Å². The lowest BCUT2D eigenvalue weighted by molar-refractivity contribution is -0.119. The van der Waals surface area contributed by atoms with Crippen LogP contribution in [0.15, 0.2) is 30.5 Å². The molecule has 9 heteroatoms. The largest absolute Gasteiger partial charge is 0.353 e. The van der Waals surface area contributed by atoms with Crippen LogP contribution in [0.25, 0.3) is 0 Å². The lowest BCUT2D eigenvalue weighted by Gasteiger charge is -2.36. The molecule has 2 aliphatic heterocycles. The summed E-state index contributed by atoms with van der Waals surface area (Å²) in [4.78, 5) is 45.0. The predicted molar refractivity (Wildman–Crippen MR) is 109 cm³/mol. The van der Waals surface area contributed by atoms with E-state index in [1.807, 2.05) is 31.3 Å². The van der Waals surface area contributed by atoms with E-state index in [4.69, 9.17) is 0 Å². The maximum absolute atomic E-state index is 12.9. The first-order valence-corrected chi connectivity index (χ1v) is 9.89. The molecule has 0 aliphatic carbocycles. The Balaban J connectivity index is 1.44. The Hall–Kier alpha value is -3.23. The minimum Gasteiger partial charge on any atom is -0.353 e. The van der Waals surface area contributed by atoms with E-state index in [0.717, 1.165) is 44.2 Å². The Morgan fingerprint density at radius 1 is 0.931 bits per heavy atom. The van der Waals surface area contributed by atoms with Gasteiger partial charge in [-0.3, -0.25) is 9.59 Å². The van der Waals surface area contributed by atoms with Crippen molar-refractivity contribution < 1.29 is 9.59 Å². The van der Waals surface area contributed by atoms with Crippen LogP contribution >= 0.6 is 0 Å². The highest BCUT2D eigenvalue weighted by atomic mass is 16.2. The molecule has 2 amide bonds. The first-order valence-electron chi connectivity index (χ1n) is 9.89. The fourth-order valence-electron chi connectivity index (χ4n) is 3.72. The van der Waals surface area contributed by atoms with Crippen LogP contribution < -0.4 is 9.80 Å². The normalized spacial score (nSPS) is 17.4. The van der Waals surface area contributed by atoms with E-state index < -0.39 is 0 Å². The molecule has 2 aromatic rings. The highest BCUT2D eigenvalue weighted by Gasteiger charge is 2.25. The van der Waals surface area contributed by atoms with Gasteiger partial charge in [-0.15, -0.1) is 0 Å². The second kappa shape index (κ2) is 8.42. The van der Waals surface area contributed by atoms with Gasteiger partial charge in [0.25, 0.3) is 5.91 Å². The van der Waals surface area contributed by atoms with Gasteiger partial charge in [0, 0.05) is 64.6 Å². The number of anilines is 2. The average molecular weight is 395 g/mol. The van der Waals surface area contributed by atoms with E-state index in [2.05, 4.69) is 24.8 Å². The number of rotatable bonds is 4. The molecule has 9 nitrogen and oxygen atoms in total. The molecule has 0 bridgehead atoms. The maximum atomic E-state index is 12.9. The zero-order valence-corrected chi connectivity index (χ0v) is 16.6. The molecule has 29 heavy (non-hydrogen) atoms. The molecule has 0 radical (unpaired) electrons. The van der Waals surface area contributed by atoms with Gasteiger partial charge >= 0.3 is 0 Å². The quantitative estimate of drug-likeness (QED) is 0.694. The molecular formula is C20H25N7O2. The van der Waals surface area contributed by atoms with E-state index in [1.54, 1.807) is 15.9 Å². The molecule has 4 heterocycles. The molecule has 2 aromatic heterocycles. The van der Waals surface area contributed by atoms with Gasteiger partial charge in [-0.05, 0) is 19.1 Å². The van der Waals surface area contributed by atoms with Gasteiger partial charge in [0.15, 0.2) is 0 Å². The summed E-state index contributed by atoms with van der Waals surface area (Å²) in [5.41, 5.74) is 0.416. The molecule has 2 saturated heterocycles. The molecule has 2 aliphatic rings. The number of carbonyl (C=O) groups excluding carboxylic acids is 2. The standard InChI is InChI=1S/C20H25N7O2/c1-16-22-17(20(29)27-8-6-24(15-28)7-9-27)14-19(23-16)26-12-10-25(11-13-26)18-4-2-3-5-21-18/h2-5,14-15H,6-13H2,1H3. The number of hydrogen-bond donors (Lipinski definition) is 0. The van der Waals surface area contributed by atoms with Crippen molar-refractivity contribution >= 4 is 24.0 Å². The lowest BCUT2D eigenvalue weighted by atomic mass is 10.2. The summed E-state index contributed by atoms with van der Waals surface area (Å²) < 4.78 is 0. The van der Waals surface area contributed by atoms with Crippen LogP contribution in [0.4, 0.5) is 11.6 Å². The third kappa shape index (κ3) is 4.28. The summed E-state index contributed by atoms with van der Waals surface area (Å²) in [6.07, 6.45) is 2.64. The van der Waals surface area contributed by atoms with Crippen molar-refractivity contribution in [1.82, 2.24) is 24.8 Å². The van der Waals surface area contributed by atoms with Gasteiger partial charge in [-0.25, -0.2) is 15.0 Å². The number of amides is 2. The molecule has 0 spiro atoms. The van der Waals surface area contributed by atoms with Crippen LogP contribution in [0.2, 0.25) is 0 Å². The SMILES string of the molecule is Cc1nc(C(=O)N2CCN(C=O)CC2)cc(N2CCN(c3ccccn3)CC2)n1. The Morgan fingerprint density at radius 3 is 2.24 bits per heavy atom. The topological polar surface area (TPSA) is 85.8 Å². The van der Waals surface area contributed by atoms with Gasteiger partial charge in [-0.1, -0.05) is 6.07 Å². The molecule has 0 unspecified atom stereocenters. The van der Waals surface area contributed by atoms with Crippen molar-refractivity contribution in [2.24, 2.45) is 0 Å². The third-order valence-electron chi connectivity index (χ3n) is 5.37. The highest BCUT2D eigenvalue weighted by molar-refractivity contribution is 5.93. The molecule has 0 saturated carbocycles. The van der Waals surface area contributed by atoms with E-state index >= 15 is 0 Å². The number of piperazine rings is 2. The number of aryl methyl sites for hydroxylation is 1. The second-order valence-corrected chi connectivity index (χ2v) is 7.25. The van der Waals surface area contributed by atoms with Crippen LogP contribution in [0.5, 0.6) is 0 Å². The summed E-state index contributed by atoms with van der Waals surface area (Å²) in [5.74, 6) is 2.25. The van der Waals surface area contributed by atoms with Crippen molar-refractivity contribution in [2.75, 3.05) is 62.2 Å². The lowest BCUT2D eigenvalue weighted by Crippen LogP contribution is -2.48. The molecule has 4 rings (SSSR count). The third-order valence-corrected chi connectivity index (χ3v) is 5.37. The van der Waals surface area contributed by atoms with Crippen LogP contribution in [0, 0.1) is 6.92 Å². The van der Waals surface area contributed by atoms with Gasteiger partial charge < -0.3 is 19.6 Å². The summed E-state index contributed by atoms with van der Waals surface area (Å²) in [5, 5.41) is 0.